The first kappa shape index (κ1) is 26.7. The molecule has 4 rings (SSSR count). The molecule has 0 atom stereocenters. The fourth-order valence-corrected chi connectivity index (χ4v) is 5.78. The second-order valence-corrected chi connectivity index (χ2v) is 10.4. The molecular formula is C27H30N6O4S. The zero-order valence-corrected chi connectivity index (χ0v) is 22.0. The van der Waals surface area contributed by atoms with E-state index in [4.69, 9.17) is 15.9 Å². The average Bonchev–Trinajstić information content (AvgIpc) is 3.33. The third-order valence-corrected chi connectivity index (χ3v) is 7.97. The lowest BCUT2D eigenvalue weighted by Crippen LogP contribution is -2.33. The van der Waals surface area contributed by atoms with Crippen molar-refractivity contribution < 1.29 is 17.9 Å². The first-order valence-corrected chi connectivity index (χ1v) is 13.5. The summed E-state index contributed by atoms with van der Waals surface area (Å²) in [5.74, 6) is 0.175. The highest BCUT2D eigenvalue weighted by Crippen LogP contribution is 2.29. The molecule has 0 amide bonds. The number of para-hydroxylation sites is 1. The number of nitrogen functional groups attached to an aromatic ring is 1. The molecule has 0 aliphatic heterocycles. The molecule has 1 aromatic heterocycles. The lowest BCUT2D eigenvalue weighted by atomic mass is 10.2. The van der Waals surface area contributed by atoms with Gasteiger partial charge in [-0.1, -0.05) is 18.2 Å². The summed E-state index contributed by atoms with van der Waals surface area (Å²) >= 11 is 0. The van der Waals surface area contributed by atoms with Gasteiger partial charge in [0.2, 0.25) is 0 Å². The van der Waals surface area contributed by atoms with Gasteiger partial charge in [0.05, 0.1) is 41.2 Å². The molecule has 0 aliphatic carbocycles. The number of nitrogens with one attached hydrogen (secondary N) is 3. The molecule has 0 unspecified atom stereocenters. The topological polar surface area (TPSA) is 154 Å². The number of imidazole rings is 1. The highest BCUT2D eigenvalue weighted by molar-refractivity contribution is 7.92. The predicted octanol–water partition coefficient (Wildman–Crippen LogP) is 3.92. The second kappa shape index (κ2) is 11.3. The van der Waals surface area contributed by atoms with Gasteiger partial charge in [-0.15, -0.1) is 0 Å². The van der Waals surface area contributed by atoms with Crippen LogP contribution in [0, 0.1) is 12.3 Å². The molecule has 38 heavy (non-hydrogen) atoms. The fraction of sp³-hybridized carbons (Fsp3) is 0.222. The summed E-state index contributed by atoms with van der Waals surface area (Å²) < 4.78 is 34.0. The Morgan fingerprint density at radius 3 is 2.47 bits per heavy atom. The van der Waals surface area contributed by atoms with Crippen molar-refractivity contribution in [1.29, 1.82) is 5.41 Å². The highest BCUT2D eigenvalue weighted by Gasteiger charge is 2.28. The summed E-state index contributed by atoms with van der Waals surface area (Å²) in [5.41, 5.74) is 9.19. The number of H-pyrrole nitrogens is 1. The van der Waals surface area contributed by atoms with E-state index in [-0.39, 0.29) is 30.3 Å². The number of nitrogens with zero attached hydrogens (tertiary/aromatic N) is 2. The summed E-state index contributed by atoms with van der Waals surface area (Å²) in [4.78, 5) is 20.0. The Morgan fingerprint density at radius 1 is 1.11 bits per heavy atom. The lowest BCUT2D eigenvalue weighted by molar-refractivity contribution is -0.142. The number of carbonyl (C=O) groups excluding carboxylic acids is 1. The Kier molecular flexibility index (Phi) is 7.96. The Morgan fingerprint density at radius 2 is 1.82 bits per heavy atom. The Labute approximate surface area is 221 Å². The Hall–Kier alpha value is -4.38. The summed E-state index contributed by atoms with van der Waals surface area (Å²) in [7, 11) is -4.02. The zero-order chi connectivity index (χ0) is 27.3. The molecule has 10 nitrogen and oxygen atoms in total. The van der Waals surface area contributed by atoms with Gasteiger partial charge in [0.1, 0.15) is 11.7 Å². The number of hydrogen-bond acceptors (Lipinski definition) is 7. The summed E-state index contributed by atoms with van der Waals surface area (Å²) in [5, 5.41) is 10.8. The number of carbonyl (C=O) groups is 1. The largest absolute Gasteiger partial charge is 0.466 e. The van der Waals surface area contributed by atoms with Crippen LogP contribution in [0.3, 0.4) is 0 Å². The third-order valence-electron chi connectivity index (χ3n) is 6.00. The van der Waals surface area contributed by atoms with Gasteiger partial charge in [0.25, 0.3) is 10.0 Å². The molecule has 11 heteroatoms. The van der Waals surface area contributed by atoms with E-state index in [1.807, 2.05) is 12.1 Å². The van der Waals surface area contributed by atoms with Crippen LogP contribution >= 0.6 is 0 Å². The number of ether oxygens (including phenoxy) is 1. The summed E-state index contributed by atoms with van der Waals surface area (Å²) in [6.45, 7) is 3.99. The van der Waals surface area contributed by atoms with Crippen LogP contribution in [-0.4, -0.2) is 43.3 Å². The summed E-state index contributed by atoms with van der Waals surface area (Å²) in [6.07, 6.45) is -0.0745. The average molecular weight is 535 g/mol. The molecule has 1 heterocycles. The number of nitrogens with two attached hydrogens (primary N) is 1. The van der Waals surface area contributed by atoms with Gasteiger partial charge < -0.3 is 20.8 Å². The maximum absolute atomic E-state index is 13.9. The Balaban J connectivity index is 1.61. The van der Waals surface area contributed by atoms with Gasteiger partial charge in [-0.2, -0.15) is 0 Å². The summed E-state index contributed by atoms with van der Waals surface area (Å²) in [6, 6.07) is 19.1. The minimum atomic E-state index is -4.02. The highest BCUT2D eigenvalue weighted by atomic mass is 32.2. The van der Waals surface area contributed by atoms with Crippen LogP contribution in [0.15, 0.2) is 71.6 Å². The van der Waals surface area contributed by atoms with Crippen LogP contribution in [0.2, 0.25) is 0 Å². The molecule has 198 valence electrons. The molecular weight excluding hydrogens is 504 g/mol. The van der Waals surface area contributed by atoms with Crippen molar-refractivity contribution in [1.82, 2.24) is 9.97 Å². The van der Waals surface area contributed by atoms with Gasteiger partial charge in [-0.05, 0) is 67.9 Å². The predicted molar refractivity (Wildman–Crippen MR) is 148 cm³/mol. The second-order valence-electron chi connectivity index (χ2n) is 8.58. The lowest BCUT2D eigenvalue weighted by Gasteiger charge is -2.25. The number of aryl methyl sites for hydroxylation is 1. The quantitative estimate of drug-likeness (QED) is 0.129. The third kappa shape index (κ3) is 5.78. The van der Waals surface area contributed by atoms with Crippen molar-refractivity contribution in [3.63, 3.8) is 0 Å². The van der Waals surface area contributed by atoms with E-state index in [2.05, 4.69) is 15.3 Å². The van der Waals surface area contributed by atoms with Crippen molar-refractivity contribution >= 4 is 44.2 Å². The first-order valence-electron chi connectivity index (χ1n) is 12.1. The number of hydrogen-bond donors (Lipinski definition) is 4. The van der Waals surface area contributed by atoms with E-state index in [9.17, 15) is 13.2 Å². The van der Waals surface area contributed by atoms with E-state index < -0.39 is 16.0 Å². The number of sulfonamides is 1. The molecule has 0 aliphatic rings. The van der Waals surface area contributed by atoms with E-state index >= 15 is 0 Å². The molecule has 0 radical (unpaired) electrons. The Bertz CT molecular complexity index is 1550. The van der Waals surface area contributed by atoms with Gasteiger partial charge in [-0.3, -0.25) is 14.5 Å². The standard InChI is InChI=1S/C27H30N6O4S/c1-3-37-25(34)15-16-33(21-7-5-4-6-8-21)38(35,36)23-14-13-22-26(18(23)2)32-24(31-22)17-30-20-11-9-19(10-12-20)27(28)29/h4-14,30H,3,15-17H2,1-2H3,(H3,28,29)(H,31,32). The molecule has 0 bridgehead atoms. The molecule has 0 saturated carbocycles. The molecule has 4 aromatic rings. The van der Waals surface area contributed by atoms with Gasteiger partial charge in [0, 0.05) is 17.8 Å². The monoisotopic (exact) mass is 534 g/mol. The number of aromatic nitrogens is 2. The number of benzene rings is 3. The zero-order valence-electron chi connectivity index (χ0n) is 21.2. The van der Waals surface area contributed by atoms with Crippen molar-refractivity contribution in [2.45, 2.75) is 31.7 Å². The maximum atomic E-state index is 13.9. The number of rotatable bonds is 11. The van der Waals surface area contributed by atoms with Crippen LogP contribution in [0.25, 0.3) is 11.0 Å². The first-order chi connectivity index (χ1) is 18.2. The van der Waals surface area contributed by atoms with E-state index in [1.165, 1.54) is 4.31 Å². The minimum absolute atomic E-state index is 0.00166. The van der Waals surface area contributed by atoms with Gasteiger partial charge in [0.15, 0.2) is 0 Å². The van der Waals surface area contributed by atoms with Crippen LogP contribution in [0.5, 0.6) is 0 Å². The van der Waals surface area contributed by atoms with Crippen molar-refractivity contribution in [3.8, 4) is 0 Å². The SMILES string of the molecule is CCOC(=O)CCN(c1ccccc1)S(=O)(=O)c1ccc2[nH]c(CNc3ccc(C(=N)N)cc3)nc2c1C. The van der Waals surface area contributed by atoms with Crippen LogP contribution in [0.4, 0.5) is 11.4 Å². The van der Waals surface area contributed by atoms with Crippen LogP contribution < -0.4 is 15.4 Å². The number of esters is 1. The van der Waals surface area contributed by atoms with E-state index in [0.29, 0.717) is 40.2 Å². The van der Waals surface area contributed by atoms with Crippen LogP contribution in [0.1, 0.15) is 30.3 Å². The van der Waals surface area contributed by atoms with Crippen molar-refractivity contribution in [2.24, 2.45) is 5.73 Å². The van der Waals surface area contributed by atoms with E-state index in [1.54, 1.807) is 68.4 Å². The maximum Gasteiger partial charge on any atom is 0.307 e. The number of aromatic amines is 1. The van der Waals surface area contributed by atoms with E-state index in [0.717, 1.165) is 5.69 Å². The molecule has 3 aromatic carbocycles. The minimum Gasteiger partial charge on any atom is -0.466 e. The smallest absolute Gasteiger partial charge is 0.307 e. The molecule has 0 fully saturated rings. The molecule has 0 spiro atoms. The van der Waals surface area contributed by atoms with Gasteiger partial charge in [-0.25, -0.2) is 13.4 Å². The normalized spacial score (nSPS) is 11.3. The van der Waals surface area contributed by atoms with Crippen LogP contribution in [-0.2, 0) is 26.1 Å². The number of amidine groups is 1. The molecule has 5 N–H and O–H groups in total. The van der Waals surface area contributed by atoms with Crippen molar-refractivity contribution in [3.05, 3.63) is 83.7 Å². The van der Waals surface area contributed by atoms with Crippen molar-refractivity contribution in [2.75, 3.05) is 22.8 Å². The fourth-order valence-electron chi connectivity index (χ4n) is 4.09. The number of fused-ring (bicyclic) bond motifs is 1. The number of anilines is 2. The van der Waals surface area contributed by atoms with Gasteiger partial charge >= 0.3 is 5.97 Å². The molecule has 0 saturated heterocycles.